The van der Waals surface area contributed by atoms with E-state index in [1.54, 1.807) is 36.4 Å². The number of carbonyl (C=O) groups excluding carboxylic acids is 2. The highest BCUT2D eigenvalue weighted by Crippen LogP contribution is 2.32. The van der Waals surface area contributed by atoms with Gasteiger partial charge in [0.1, 0.15) is 5.69 Å². The highest BCUT2D eigenvalue weighted by atomic mass is 35.5. The van der Waals surface area contributed by atoms with Crippen LogP contribution in [-0.4, -0.2) is 24.0 Å². The Morgan fingerprint density at radius 2 is 1.67 bits per heavy atom. The molecule has 0 aliphatic rings. The largest absolute Gasteiger partial charge is 0.464 e. The summed E-state index contributed by atoms with van der Waals surface area (Å²) in [5.74, 6) is -0.916. The van der Waals surface area contributed by atoms with Crippen LogP contribution in [0.25, 0.3) is 22.0 Å². The number of carbonyl (C=O) groups is 2. The standard InChI is InChI=1S/C24H17ClN2O3/c1-30-24(29)21-14-18(15-8-3-2-4-9-15)16-11-7-13-20(22(16)26-21)27-23(28)17-10-5-6-12-19(17)25/h2-14H,1H3,(H,27,28). The van der Waals surface area contributed by atoms with Crippen molar-refractivity contribution in [3.05, 3.63) is 95.1 Å². The third kappa shape index (κ3) is 3.75. The van der Waals surface area contributed by atoms with Crippen molar-refractivity contribution >= 4 is 40.1 Å². The third-order valence-electron chi connectivity index (χ3n) is 4.69. The van der Waals surface area contributed by atoms with Crippen LogP contribution in [0.1, 0.15) is 20.8 Å². The van der Waals surface area contributed by atoms with Gasteiger partial charge in [0.25, 0.3) is 5.91 Å². The zero-order valence-corrected chi connectivity index (χ0v) is 16.8. The zero-order valence-electron chi connectivity index (χ0n) is 16.1. The van der Waals surface area contributed by atoms with Crippen LogP contribution in [0.2, 0.25) is 5.02 Å². The molecule has 0 fully saturated rings. The summed E-state index contributed by atoms with van der Waals surface area (Å²) in [6.07, 6.45) is 0. The average molecular weight is 417 g/mol. The number of para-hydroxylation sites is 1. The minimum absolute atomic E-state index is 0.156. The normalized spacial score (nSPS) is 10.6. The molecule has 0 aliphatic carbocycles. The van der Waals surface area contributed by atoms with Gasteiger partial charge in [0.15, 0.2) is 0 Å². The number of pyridine rings is 1. The smallest absolute Gasteiger partial charge is 0.356 e. The molecule has 1 N–H and O–H groups in total. The van der Waals surface area contributed by atoms with Crippen molar-refractivity contribution in [2.24, 2.45) is 0 Å². The highest BCUT2D eigenvalue weighted by Gasteiger charge is 2.17. The summed E-state index contributed by atoms with van der Waals surface area (Å²) in [5.41, 5.74) is 3.20. The van der Waals surface area contributed by atoms with Gasteiger partial charge in [-0.25, -0.2) is 9.78 Å². The van der Waals surface area contributed by atoms with E-state index in [0.29, 0.717) is 21.8 Å². The van der Waals surface area contributed by atoms with Gasteiger partial charge in [-0.05, 0) is 35.4 Å². The second-order valence-electron chi connectivity index (χ2n) is 6.55. The fraction of sp³-hybridized carbons (Fsp3) is 0.0417. The molecule has 148 valence electrons. The van der Waals surface area contributed by atoms with E-state index in [0.717, 1.165) is 16.5 Å². The molecule has 0 bridgehead atoms. The lowest BCUT2D eigenvalue weighted by Crippen LogP contribution is -2.13. The number of anilines is 1. The van der Waals surface area contributed by atoms with Crippen LogP contribution < -0.4 is 5.32 Å². The number of esters is 1. The lowest BCUT2D eigenvalue weighted by molar-refractivity contribution is 0.0594. The van der Waals surface area contributed by atoms with E-state index >= 15 is 0 Å². The van der Waals surface area contributed by atoms with Crippen LogP contribution in [-0.2, 0) is 4.74 Å². The fourth-order valence-corrected chi connectivity index (χ4v) is 3.47. The number of hydrogen-bond donors (Lipinski definition) is 1. The van der Waals surface area contributed by atoms with Gasteiger partial charge in [-0.15, -0.1) is 0 Å². The van der Waals surface area contributed by atoms with Crippen molar-refractivity contribution < 1.29 is 14.3 Å². The van der Waals surface area contributed by atoms with E-state index in [4.69, 9.17) is 16.3 Å². The molecule has 0 aliphatic heterocycles. The lowest BCUT2D eigenvalue weighted by atomic mass is 9.99. The molecule has 5 nitrogen and oxygen atoms in total. The van der Waals surface area contributed by atoms with E-state index in [1.807, 2.05) is 42.5 Å². The second-order valence-corrected chi connectivity index (χ2v) is 6.96. The van der Waals surface area contributed by atoms with Crippen molar-refractivity contribution in [2.75, 3.05) is 12.4 Å². The Kier molecular flexibility index (Phi) is 5.46. The number of amides is 1. The Labute approximate surface area is 178 Å². The number of benzene rings is 3. The summed E-state index contributed by atoms with van der Waals surface area (Å²) in [6.45, 7) is 0. The first kappa shape index (κ1) is 19.6. The Bertz CT molecular complexity index is 1260. The summed E-state index contributed by atoms with van der Waals surface area (Å²) >= 11 is 6.16. The Hall–Kier alpha value is -3.70. The molecule has 1 aromatic heterocycles. The number of rotatable bonds is 4. The van der Waals surface area contributed by atoms with Crippen LogP contribution in [0.15, 0.2) is 78.9 Å². The molecular formula is C24H17ClN2O3. The number of ether oxygens (including phenoxy) is 1. The van der Waals surface area contributed by atoms with Crippen molar-refractivity contribution in [1.82, 2.24) is 4.98 Å². The predicted molar refractivity (Wildman–Crippen MR) is 118 cm³/mol. The predicted octanol–water partition coefficient (Wildman–Crippen LogP) is 5.59. The van der Waals surface area contributed by atoms with Crippen molar-refractivity contribution in [2.45, 2.75) is 0 Å². The maximum atomic E-state index is 12.8. The Morgan fingerprint density at radius 3 is 2.40 bits per heavy atom. The van der Waals surface area contributed by atoms with Crippen molar-refractivity contribution in [3.63, 3.8) is 0 Å². The molecule has 6 heteroatoms. The Balaban J connectivity index is 1.88. The van der Waals surface area contributed by atoms with Gasteiger partial charge >= 0.3 is 5.97 Å². The quantitative estimate of drug-likeness (QED) is 0.440. The molecule has 1 amide bonds. The van der Waals surface area contributed by atoms with Crippen LogP contribution >= 0.6 is 11.6 Å². The number of hydrogen-bond acceptors (Lipinski definition) is 4. The van der Waals surface area contributed by atoms with E-state index in [9.17, 15) is 9.59 Å². The maximum absolute atomic E-state index is 12.8. The minimum Gasteiger partial charge on any atom is -0.464 e. The molecule has 0 saturated carbocycles. The molecule has 0 radical (unpaired) electrons. The number of methoxy groups -OCH3 is 1. The molecule has 30 heavy (non-hydrogen) atoms. The summed E-state index contributed by atoms with van der Waals surface area (Å²) < 4.78 is 4.88. The number of halogens is 1. The third-order valence-corrected chi connectivity index (χ3v) is 5.02. The van der Waals surface area contributed by atoms with Crippen LogP contribution in [0.4, 0.5) is 5.69 Å². The monoisotopic (exact) mass is 416 g/mol. The zero-order chi connectivity index (χ0) is 21.1. The molecule has 0 spiro atoms. The first-order valence-electron chi connectivity index (χ1n) is 9.22. The second kappa shape index (κ2) is 8.35. The van der Waals surface area contributed by atoms with Gasteiger partial charge in [0.2, 0.25) is 0 Å². The van der Waals surface area contributed by atoms with Gasteiger partial charge in [0, 0.05) is 5.39 Å². The molecule has 1 heterocycles. The Morgan fingerprint density at radius 1 is 0.933 bits per heavy atom. The topological polar surface area (TPSA) is 68.3 Å². The highest BCUT2D eigenvalue weighted by molar-refractivity contribution is 6.34. The molecule has 0 unspecified atom stereocenters. The van der Waals surface area contributed by atoms with Crippen molar-refractivity contribution in [1.29, 1.82) is 0 Å². The van der Waals surface area contributed by atoms with Gasteiger partial charge in [-0.2, -0.15) is 0 Å². The van der Waals surface area contributed by atoms with E-state index in [-0.39, 0.29) is 11.6 Å². The summed E-state index contributed by atoms with van der Waals surface area (Å²) in [4.78, 5) is 29.5. The summed E-state index contributed by atoms with van der Waals surface area (Å²) in [5, 5.41) is 4.01. The summed E-state index contributed by atoms with van der Waals surface area (Å²) in [6, 6.07) is 23.6. The number of aromatic nitrogens is 1. The average Bonchev–Trinajstić information content (AvgIpc) is 2.79. The van der Waals surface area contributed by atoms with E-state index < -0.39 is 5.97 Å². The first-order valence-corrected chi connectivity index (χ1v) is 9.59. The summed E-state index contributed by atoms with van der Waals surface area (Å²) in [7, 11) is 1.31. The van der Waals surface area contributed by atoms with Crippen LogP contribution in [0.3, 0.4) is 0 Å². The van der Waals surface area contributed by atoms with Gasteiger partial charge in [-0.3, -0.25) is 4.79 Å². The number of nitrogens with one attached hydrogen (secondary N) is 1. The van der Waals surface area contributed by atoms with Gasteiger partial charge in [-0.1, -0.05) is 66.2 Å². The minimum atomic E-state index is -0.554. The van der Waals surface area contributed by atoms with Crippen LogP contribution in [0, 0.1) is 0 Å². The van der Waals surface area contributed by atoms with E-state index in [2.05, 4.69) is 10.3 Å². The maximum Gasteiger partial charge on any atom is 0.356 e. The first-order chi connectivity index (χ1) is 14.6. The molecular weight excluding hydrogens is 400 g/mol. The molecule has 3 aromatic carbocycles. The van der Waals surface area contributed by atoms with Crippen molar-refractivity contribution in [3.8, 4) is 11.1 Å². The van der Waals surface area contributed by atoms with Gasteiger partial charge in [0.05, 0.1) is 28.9 Å². The fourth-order valence-electron chi connectivity index (χ4n) is 3.25. The van der Waals surface area contributed by atoms with E-state index in [1.165, 1.54) is 7.11 Å². The number of nitrogens with zero attached hydrogens (tertiary/aromatic N) is 1. The lowest BCUT2D eigenvalue weighted by Gasteiger charge is -2.13. The molecule has 0 atom stereocenters. The number of fused-ring (bicyclic) bond motifs is 1. The molecule has 0 saturated heterocycles. The SMILES string of the molecule is COC(=O)c1cc(-c2ccccc2)c2cccc(NC(=O)c3ccccc3Cl)c2n1. The van der Waals surface area contributed by atoms with Gasteiger partial charge < -0.3 is 10.1 Å². The molecule has 4 aromatic rings. The van der Waals surface area contributed by atoms with Crippen LogP contribution in [0.5, 0.6) is 0 Å². The molecule has 4 rings (SSSR count).